The molecule has 0 spiro atoms. The van der Waals surface area contributed by atoms with Crippen molar-refractivity contribution < 1.29 is 4.18 Å². The highest BCUT2D eigenvalue weighted by Crippen LogP contribution is 2.30. The average Bonchev–Trinajstić information content (AvgIpc) is 2.03. The van der Waals surface area contributed by atoms with E-state index in [9.17, 15) is 0 Å². The van der Waals surface area contributed by atoms with Gasteiger partial charge in [0.25, 0.3) is 0 Å². The van der Waals surface area contributed by atoms with Crippen LogP contribution in [0.4, 0.5) is 0 Å². The standard InChI is InChI=1S/C9H18OS/c1-8-5-3-4-6-9(8)7-10-11-2/h8-9H,3-7H2,1-2H3/t8-,9-/m1/s1. The van der Waals surface area contributed by atoms with Gasteiger partial charge in [-0.2, -0.15) is 0 Å². The predicted molar refractivity (Wildman–Crippen MR) is 50.6 cm³/mol. The van der Waals surface area contributed by atoms with Crippen LogP contribution in [0.5, 0.6) is 0 Å². The van der Waals surface area contributed by atoms with Crippen molar-refractivity contribution in [1.29, 1.82) is 0 Å². The molecule has 0 aromatic carbocycles. The van der Waals surface area contributed by atoms with Crippen LogP contribution in [-0.2, 0) is 4.18 Å². The van der Waals surface area contributed by atoms with E-state index in [1.165, 1.54) is 37.7 Å². The molecule has 0 saturated heterocycles. The highest BCUT2D eigenvalue weighted by atomic mass is 32.2. The topological polar surface area (TPSA) is 9.23 Å². The fraction of sp³-hybridized carbons (Fsp3) is 1.00. The molecule has 1 rings (SSSR count). The van der Waals surface area contributed by atoms with E-state index < -0.39 is 0 Å². The van der Waals surface area contributed by atoms with Gasteiger partial charge in [0.1, 0.15) is 0 Å². The fourth-order valence-electron chi connectivity index (χ4n) is 1.80. The third-order valence-electron chi connectivity index (χ3n) is 2.69. The van der Waals surface area contributed by atoms with E-state index in [2.05, 4.69) is 6.92 Å². The summed E-state index contributed by atoms with van der Waals surface area (Å²) in [5.41, 5.74) is 0. The van der Waals surface area contributed by atoms with E-state index in [-0.39, 0.29) is 0 Å². The Morgan fingerprint density at radius 2 is 2.09 bits per heavy atom. The Bertz CT molecular complexity index is 106. The lowest BCUT2D eigenvalue weighted by molar-refractivity contribution is 0.177. The van der Waals surface area contributed by atoms with Crippen LogP contribution in [0, 0.1) is 11.8 Å². The van der Waals surface area contributed by atoms with E-state index in [0.717, 1.165) is 18.4 Å². The molecule has 0 aromatic heterocycles. The summed E-state index contributed by atoms with van der Waals surface area (Å²) in [5, 5.41) is 0. The Morgan fingerprint density at radius 1 is 1.36 bits per heavy atom. The van der Waals surface area contributed by atoms with Gasteiger partial charge < -0.3 is 4.18 Å². The molecule has 2 atom stereocenters. The van der Waals surface area contributed by atoms with Gasteiger partial charge in [-0.25, -0.2) is 0 Å². The zero-order valence-electron chi connectivity index (χ0n) is 7.51. The van der Waals surface area contributed by atoms with Crippen molar-refractivity contribution in [3.63, 3.8) is 0 Å². The predicted octanol–water partition coefficient (Wildman–Crippen LogP) is 3.11. The molecule has 0 N–H and O–H groups in total. The van der Waals surface area contributed by atoms with Gasteiger partial charge in [0, 0.05) is 6.26 Å². The summed E-state index contributed by atoms with van der Waals surface area (Å²) >= 11 is 1.50. The Kier molecular flexibility index (Phi) is 4.31. The maximum absolute atomic E-state index is 5.36. The quantitative estimate of drug-likeness (QED) is 0.608. The van der Waals surface area contributed by atoms with Gasteiger partial charge in [-0.1, -0.05) is 26.2 Å². The van der Waals surface area contributed by atoms with Gasteiger partial charge in [0.15, 0.2) is 0 Å². The third kappa shape index (κ3) is 3.04. The zero-order valence-corrected chi connectivity index (χ0v) is 8.32. The first-order valence-corrected chi connectivity index (χ1v) is 5.65. The average molecular weight is 174 g/mol. The normalized spacial score (nSPS) is 32.2. The maximum atomic E-state index is 5.36. The van der Waals surface area contributed by atoms with Crippen molar-refractivity contribution in [2.45, 2.75) is 32.6 Å². The summed E-state index contributed by atoms with van der Waals surface area (Å²) < 4.78 is 5.36. The summed E-state index contributed by atoms with van der Waals surface area (Å²) in [7, 11) is 0. The number of rotatable bonds is 3. The number of hydrogen-bond donors (Lipinski definition) is 0. The summed E-state index contributed by atoms with van der Waals surface area (Å²) in [6, 6.07) is 0. The second-order valence-electron chi connectivity index (χ2n) is 3.47. The molecule has 1 saturated carbocycles. The van der Waals surface area contributed by atoms with Crippen molar-refractivity contribution in [3.8, 4) is 0 Å². The Labute approximate surface area is 74.1 Å². The Hall–Kier alpha value is 0.310. The van der Waals surface area contributed by atoms with Crippen LogP contribution < -0.4 is 0 Å². The lowest BCUT2D eigenvalue weighted by atomic mass is 9.81. The van der Waals surface area contributed by atoms with Crippen LogP contribution in [0.15, 0.2) is 0 Å². The van der Waals surface area contributed by atoms with E-state index in [1.807, 2.05) is 6.26 Å². The van der Waals surface area contributed by atoms with Crippen molar-refractivity contribution in [3.05, 3.63) is 0 Å². The van der Waals surface area contributed by atoms with Crippen molar-refractivity contribution in [2.24, 2.45) is 11.8 Å². The highest BCUT2D eigenvalue weighted by Gasteiger charge is 2.20. The molecular weight excluding hydrogens is 156 g/mol. The minimum absolute atomic E-state index is 0.830. The maximum Gasteiger partial charge on any atom is 0.0644 e. The molecule has 0 bridgehead atoms. The minimum atomic E-state index is 0.830. The summed E-state index contributed by atoms with van der Waals surface area (Å²) in [4.78, 5) is 0. The van der Waals surface area contributed by atoms with Crippen molar-refractivity contribution in [2.75, 3.05) is 12.9 Å². The molecule has 0 unspecified atom stereocenters. The first-order chi connectivity index (χ1) is 5.34. The van der Waals surface area contributed by atoms with Crippen LogP contribution in [0.3, 0.4) is 0 Å². The second kappa shape index (κ2) is 5.04. The van der Waals surface area contributed by atoms with Crippen LogP contribution in [0.25, 0.3) is 0 Å². The summed E-state index contributed by atoms with van der Waals surface area (Å²) in [5.74, 6) is 1.71. The molecule has 0 aliphatic heterocycles. The fourth-order valence-corrected chi connectivity index (χ4v) is 2.11. The first-order valence-electron chi connectivity index (χ1n) is 4.50. The summed E-state index contributed by atoms with van der Waals surface area (Å²) in [6.07, 6.45) is 7.61. The van der Waals surface area contributed by atoms with Crippen LogP contribution in [0.1, 0.15) is 32.6 Å². The smallest absolute Gasteiger partial charge is 0.0644 e. The monoisotopic (exact) mass is 174 g/mol. The molecular formula is C9H18OS. The highest BCUT2D eigenvalue weighted by molar-refractivity contribution is 7.93. The molecule has 2 heteroatoms. The largest absolute Gasteiger partial charge is 0.315 e. The molecule has 0 aromatic rings. The molecule has 1 nitrogen and oxygen atoms in total. The van der Waals surface area contributed by atoms with Crippen LogP contribution >= 0.6 is 12.0 Å². The Balaban J connectivity index is 2.18. The molecule has 1 aliphatic rings. The molecule has 11 heavy (non-hydrogen) atoms. The second-order valence-corrected chi connectivity index (χ2v) is 4.04. The molecule has 0 radical (unpaired) electrons. The van der Waals surface area contributed by atoms with E-state index in [0.29, 0.717) is 0 Å². The van der Waals surface area contributed by atoms with E-state index in [4.69, 9.17) is 4.18 Å². The molecule has 1 aliphatic carbocycles. The van der Waals surface area contributed by atoms with Gasteiger partial charge in [-0.05, 0) is 30.3 Å². The SMILES string of the molecule is CSOC[C@H]1CCCC[C@H]1C. The third-order valence-corrected chi connectivity index (χ3v) is 3.06. The van der Waals surface area contributed by atoms with Gasteiger partial charge in [0.2, 0.25) is 0 Å². The van der Waals surface area contributed by atoms with Gasteiger partial charge in [-0.15, -0.1) is 0 Å². The minimum Gasteiger partial charge on any atom is -0.315 e. The molecule has 1 fully saturated rings. The van der Waals surface area contributed by atoms with Gasteiger partial charge in [-0.3, -0.25) is 0 Å². The van der Waals surface area contributed by atoms with Crippen molar-refractivity contribution >= 4 is 12.0 Å². The summed E-state index contributed by atoms with van der Waals surface area (Å²) in [6.45, 7) is 3.32. The van der Waals surface area contributed by atoms with Crippen LogP contribution in [-0.4, -0.2) is 12.9 Å². The Morgan fingerprint density at radius 3 is 2.73 bits per heavy atom. The van der Waals surface area contributed by atoms with E-state index in [1.54, 1.807) is 0 Å². The van der Waals surface area contributed by atoms with Crippen molar-refractivity contribution in [1.82, 2.24) is 0 Å². The van der Waals surface area contributed by atoms with E-state index >= 15 is 0 Å². The molecule has 0 amide bonds. The lowest BCUT2D eigenvalue weighted by Crippen LogP contribution is -2.20. The lowest BCUT2D eigenvalue weighted by Gasteiger charge is -2.27. The first kappa shape index (κ1) is 9.40. The van der Waals surface area contributed by atoms with Gasteiger partial charge >= 0.3 is 0 Å². The van der Waals surface area contributed by atoms with Crippen LogP contribution in [0.2, 0.25) is 0 Å². The van der Waals surface area contributed by atoms with Gasteiger partial charge in [0.05, 0.1) is 6.61 Å². The zero-order chi connectivity index (χ0) is 8.10. The number of hydrogen-bond acceptors (Lipinski definition) is 2. The molecule has 66 valence electrons. The molecule has 0 heterocycles.